The lowest BCUT2D eigenvalue weighted by Crippen LogP contribution is -2.36. The van der Waals surface area contributed by atoms with Crippen LogP contribution in [0.25, 0.3) is 0 Å². The van der Waals surface area contributed by atoms with Crippen LogP contribution in [-0.4, -0.2) is 12.5 Å². The molecule has 1 aliphatic heterocycles. The van der Waals surface area contributed by atoms with E-state index in [4.69, 9.17) is 0 Å². The van der Waals surface area contributed by atoms with Crippen LogP contribution in [0, 0.1) is 13.8 Å². The number of carbonyl (C=O) groups is 1. The van der Waals surface area contributed by atoms with Crippen molar-refractivity contribution in [3.8, 4) is 0 Å². The fraction of sp³-hybridized carbons (Fsp3) is 0.500. The Morgan fingerprint density at radius 3 is 2.69 bits per heavy atom. The lowest BCUT2D eigenvalue weighted by Gasteiger charge is -2.28. The summed E-state index contributed by atoms with van der Waals surface area (Å²) in [6, 6.07) is 4.18. The van der Waals surface area contributed by atoms with Crippen molar-refractivity contribution in [1.82, 2.24) is 5.32 Å². The SMILES string of the molecule is CCCC1CNC(=O)c2c(C)ccc(C)c21. The molecule has 16 heavy (non-hydrogen) atoms. The van der Waals surface area contributed by atoms with Gasteiger partial charge in [-0.3, -0.25) is 4.79 Å². The standard InChI is InChI=1S/C14H19NO/c1-4-5-11-8-15-14(16)13-10(3)7-6-9(2)12(11)13/h6-7,11H,4-5,8H2,1-3H3,(H,15,16). The monoisotopic (exact) mass is 217 g/mol. The molecule has 0 aromatic heterocycles. The van der Waals surface area contributed by atoms with E-state index in [1.807, 2.05) is 13.0 Å². The van der Waals surface area contributed by atoms with E-state index in [0.717, 1.165) is 30.5 Å². The second-order valence-corrected chi connectivity index (χ2v) is 4.68. The number of fused-ring (bicyclic) bond motifs is 1. The minimum atomic E-state index is 0.101. The lowest BCUT2D eigenvalue weighted by molar-refractivity contribution is 0.0938. The van der Waals surface area contributed by atoms with Crippen molar-refractivity contribution in [3.05, 3.63) is 34.4 Å². The van der Waals surface area contributed by atoms with Gasteiger partial charge in [0.1, 0.15) is 0 Å². The van der Waals surface area contributed by atoms with E-state index in [1.54, 1.807) is 0 Å². The first-order valence-corrected chi connectivity index (χ1v) is 6.03. The van der Waals surface area contributed by atoms with Gasteiger partial charge in [-0.1, -0.05) is 25.5 Å². The molecule has 1 amide bonds. The average molecular weight is 217 g/mol. The van der Waals surface area contributed by atoms with E-state index in [0.29, 0.717) is 5.92 Å². The first-order valence-electron chi connectivity index (χ1n) is 6.03. The van der Waals surface area contributed by atoms with Gasteiger partial charge in [0.2, 0.25) is 0 Å². The lowest BCUT2D eigenvalue weighted by atomic mass is 9.82. The van der Waals surface area contributed by atoms with Crippen molar-refractivity contribution in [1.29, 1.82) is 0 Å². The summed E-state index contributed by atoms with van der Waals surface area (Å²) in [5.74, 6) is 0.598. The predicted octanol–water partition coefficient (Wildman–Crippen LogP) is 2.93. The van der Waals surface area contributed by atoms with E-state index in [1.165, 1.54) is 11.1 Å². The Morgan fingerprint density at radius 2 is 2.00 bits per heavy atom. The molecule has 1 atom stereocenters. The first kappa shape index (κ1) is 11.2. The van der Waals surface area contributed by atoms with E-state index in [-0.39, 0.29) is 5.91 Å². The Hall–Kier alpha value is -1.31. The first-order chi connectivity index (χ1) is 7.65. The number of rotatable bonds is 2. The zero-order valence-electron chi connectivity index (χ0n) is 10.3. The van der Waals surface area contributed by atoms with Crippen molar-refractivity contribution >= 4 is 5.91 Å². The zero-order chi connectivity index (χ0) is 11.7. The Kier molecular flexibility index (Phi) is 2.99. The Labute approximate surface area is 97.1 Å². The van der Waals surface area contributed by atoms with Gasteiger partial charge in [0, 0.05) is 18.0 Å². The van der Waals surface area contributed by atoms with Gasteiger partial charge in [0.25, 0.3) is 5.91 Å². The maximum atomic E-state index is 11.9. The summed E-state index contributed by atoms with van der Waals surface area (Å²) in [6.45, 7) is 7.12. The molecule has 2 heteroatoms. The van der Waals surface area contributed by atoms with Gasteiger partial charge in [0.15, 0.2) is 0 Å². The summed E-state index contributed by atoms with van der Waals surface area (Å²) in [7, 11) is 0. The molecule has 0 saturated heterocycles. The van der Waals surface area contributed by atoms with Crippen molar-refractivity contribution < 1.29 is 4.79 Å². The van der Waals surface area contributed by atoms with Crippen molar-refractivity contribution in [2.24, 2.45) is 0 Å². The largest absolute Gasteiger partial charge is 0.351 e. The summed E-state index contributed by atoms with van der Waals surface area (Å²) in [5.41, 5.74) is 4.56. The van der Waals surface area contributed by atoms with E-state index in [9.17, 15) is 4.79 Å². The molecule has 0 aliphatic carbocycles. The predicted molar refractivity (Wildman–Crippen MR) is 65.9 cm³/mol. The molecule has 1 aromatic rings. The molecule has 2 rings (SSSR count). The summed E-state index contributed by atoms with van der Waals surface area (Å²) < 4.78 is 0. The quantitative estimate of drug-likeness (QED) is 0.810. The second kappa shape index (κ2) is 4.28. The summed E-state index contributed by atoms with van der Waals surface area (Å²) >= 11 is 0. The third-order valence-corrected chi connectivity index (χ3v) is 3.45. The maximum Gasteiger partial charge on any atom is 0.251 e. The van der Waals surface area contributed by atoms with Crippen molar-refractivity contribution in [2.45, 2.75) is 39.5 Å². The van der Waals surface area contributed by atoms with Crippen LogP contribution >= 0.6 is 0 Å². The Balaban J connectivity index is 2.55. The number of aryl methyl sites for hydroxylation is 2. The van der Waals surface area contributed by atoms with Gasteiger partial charge in [0.05, 0.1) is 0 Å². The number of amides is 1. The molecule has 0 spiro atoms. The molecular formula is C14H19NO. The molecule has 2 nitrogen and oxygen atoms in total. The van der Waals surface area contributed by atoms with E-state index >= 15 is 0 Å². The molecule has 0 saturated carbocycles. The topological polar surface area (TPSA) is 29.1 Å². The van der Waals surface area contributed by atoms with Gasteiger partial charge < -0.3 is 5.32 Å². The van der Waals surface area contributed by atoms with Gasteiger partial charge in [-0.05, 0) is 37.0 Å². The van der Waals surface area contributed by atoms with Crippen LogP contribution in [0.15, 0.2) is 12.1 Å². The molecule has 1 unspecified atom stereocenters. The molecule has 86 valence electrons. The molecular weight excluding hydrogens is 198 g/mol. The van der Waals surface area contributed by atoms with Gasteiger partial charge in [-0.25, -0.2) is 0 Å². The highest BCUT2D eigenvalue weighted by molar-refractivity contribution is 5.98. The van der Waals surface area contributed by atoms with Crippen LogP contribution in [0.5, 0.6) is 0 Å². The summed E-state index contributed by atoms with van der Waals surface area (Å²) in [6.07, 6.45) is 2.31. The van der Waals surface area contributed by atoms with Crippen LogP contribution in [-0.2, 0) is 0 Å². The molecule has 0 bridgehead atoms. The number of nitrogens with one attached hydrogen (secondary N) is 1. The molecule has 0 fully saturated rings. The van der Waals surface area contributed by atoms with Crippen molar-refractivity contribution in [3.63, 3.8) is 0 Å². The van der Waals surface area contributed by atoms with Crippen molar-refractivity contribution in [2.75, 3.05) is 6.54 Å². The van der Waals surface area contributed by atoms with Gasteiger partial charge in [-0.15, -0.1) is 0 Å². The molecule has 1 aliphatic rings. The van der Waals surface area contributed by atoms with E-state index < -0.39 is 0 Å². The van der Waals surface area contributed by atoms with Crippen LogP contribution in [0.2, 0.25) is 0 Å². The molecule has 1 aromatic carbocycles. The number of hydrogen-bond acceptors (Lipinski definition) is 1. The Bertz CT molecular complexity index is 423. The zero-order valence-corrected chi connectivity index (χ0v) is 10.3. The summed E-state index contributed by atoms with van der Waals surface area (Å²) in [5, 5.41) is 3.00. The summed E-state index contributed by atoms with van der Waals surface area (Å²) in [4.78, 5) is 11.9. The molecule has 0 radical (unpaired) electrons. The smallest absolute Gasteiger partial charge is 0.251 e. The maximum absolute atomic E-state index is 11.9. The van der Waals surface area contributed by atoms with Crippen LogP contribution < -0.4 is 5.32 Å². The number of carbonyl (C=O) groups excluding carboxylic acids is 1. The highest BCUT2D eigenvalue weighted by Gasteiger charge is 2.27. The average Bonchev–Trinajstić information content (AvgIpc) is 2.26. The highest BCUT2D eigenvalue weighted by Crippen LogP contribution is 2.32. The molecule has 1 N–H and O–H groups in total. The fourth-order valence-electron chi connectivity index (χ4n) is 2.66. The minimum absolute atomic E-state index is 0.101. The number of hydrogen-bond donors (Lipinski definition) is 1. The molecule has 1 heterocycles. The third kappa shape index (κ3) is 1.73. The van der Waals surface area contributed by atoms with Gasteiger partial charge >= 0.3 is 0 Å². The van der Waals surface area contributed by atoms with Crippen LogP contribution in [0.4, 0.5) is 0 Å². The number of benzene rings is 1. The Morgan fingerprint density at radius 1 is 1.31 bits per heavy atom. The highest BCUT2D eigenvalue weighted by atomic mass is 16.1. The van der Waals surface area contributed by atoms with Crippen LogP contribution in [0.1, 0.15) is 52.7 Å². The van der Waals surface area contributed by atoms with E-state index in [2.05, 4.69) is 25.2 Å². The fourth-order valence-corrected chi connectivity index (χ4v) is 2.66. The minimum Gasteiger partial charge on any atom is -0.351 e. The third-order valence-electron chi connectivity index (χ3n) is 3.45. The van der Waals surface area contributed by atoms with Gasteiger partial charge in [-0.2, -0.15) is 0 Å². The second-order valence-electron chi connectivity index (χ2n) is 4.68. The normalized spacial score (nSPS) is 19.2. The van der Waals surface area contributed by atoms with Crippen LogP contribution in [0.3, 0.4) is 0 Å².